The van der Waals surface area contributed by atoms with Gasteiger partial charge in [0.2, 0.25) is 11.8 Å². The molecule has 0 aromatic heterocycles. The van der Waals surface area contributed by atoms with Crippen LogP contribution in [0.3, 0.4) is 0 Å². The molecule has 0 aliphatic carbocycles. The van der Waals surface area contributed by atoms with E-state index in [2.05, 4.69) is 15.0 Å². The number of nitrogens with one attached hydrogen (secondary N) is 1. The van der Waals surface area contributed by atoms with Gasteiger partial charge in [0.15, 0.2) is 0 Å². The van der Waals surface area contributed by atoms with Crippen LogP contribution in [-0.2, 0) is 28.3 Å². The first-order chi connectivity index (χ1) is 19.8. The standard InChI is InChI=1S/C30H33F4N3O5/c1-3-28(4-2)17-36(15-18-5-7-19(8-6-18)42-30(32,33)34)14-13-29(28,41)22-10-9-20-21(25(22)31)16-37(27(20)40)23-11-12-24(38)35-26(23)39/h5-10,23,41H,3-4,11-17H2,1-2H3,(H,35,38,39). The minimum Gasteiger partial charge on any atom is -0.406 e. The molecule has 226 valence electrons. The Hall–Kier alpha value is -3.51. The van der Waals surface area contributed by atoms with Crippen LogP contribution in [0.25, 0.3) is 0 Å². The van der Waals surface area contributed by atoms with Crippen molar-refractivity contribution < 1.29 is 41.8 Å². The number of fused-ring (bicyclic) bond motifs is 1. The van der Waals surface area contributed by atoms with Gasteiger partial charge in [-0.15, -0.1) is 13.2 Å². The van der Waals surface area contributed by atoms with Gasteiger partial charge in [-0.25, -0.2) is 4.39 Å². The number of nitrogens with zero attached hydrogens (tertiary/aromatic N) is 2. The average Bonchev–Trinajstić information content (AvgIpc) is 3.27. The van der Waals surface area contributed by atoms with E-state index in [1.807, 2.05) is 13.8 Å². The maximum absolute atomic E-state index is 16.3. The summed E-state index contributed by atoms with van der Waals surface area (Å²) >= 11 is 0. The van der Waals surface area contributed by atoms with E-state index in [1.54, 1.807) is 12.1 Å². The van der Waals surface area contributed by atoms with Crippen LogP contribution >= 0.6 is 0 Å². The number of hydrogen-bond donors (Lipinski definition) is 2. The van der Waals surface area contributed by atoms with E-state index in [1.165, 1.54) is 29.2 Å². The van der Waals surface area contributed by atoms with Crippen LogP contribution in [0.2, 0.25) is 0 Å². The average molecular weight is 592 g/mol. The third-order valence-corrected chi connectivity index (χ3v) is 9.20. The Morgan fingerprint density at radius 1 is 1.07 bits per heavy atom. The molecule has 2 saturated heterocycles. The third kappa shape index (κ3) is 5.26. The van der Waals surface area contributed by atoms with Crippen LogP contribution < -0.4 is 10.1 Å². The highest BCUT2D eigenvalue weighted by molar-refractivity contribution is 6.05. The fourth-order valence-electron chi connectivity index (χ4n) is 6.82. The number of carbonyl (C=O) groups excluding carboxylic acids is 3. The Labute approximate surface area is 240 Å². The van der Waals surface area contributed by atoms with E-state index in [-0.39, 0.29) is 48.2 Å². The molecule has 5 rings (SSSR count). The zero-order valence-corrected chi connectivity index (χ0v) is 23.4. The van der Waals surface area contributed by atoms with Gasteiger partial charge in [0.25, 0.3) is 5.91 Å². The van der Waals surface area contributed by atoms with Gasteiger partial charge in [-0.1, -0.05) is 32.0 Å². The molecule has 3 aliphatic rings. The molecule has 2 aromatic carbocycles. The molecule has 2 fully saturated rings. The maximum Gasteiger partial charge on any atom is 0.573 e. The zero-order valence-electron chi connectivity index (χ0n) is 23.4. The highest BCUT2D eigenvalue weighted by Crippen LogP contribution is 2.52. The van der Waals surface area contributed by atoms with E-state index < -0.39 is 47.0 Å². The van der Waals surface area contributed by atoms with E-state index in [0.29, 0.717) is 32.5 Å². The first kappa shape index (κ1) is 30.0. The lowest BCUT2D eigenvalue weighted by atomic mass is 9.61. The van der Waals surface area contributed by atoms with E-state index >= 15 is 4.39 Å². The van der Waals surface area contributed by atoms with Gasteiger partial charge in [-0.05, 0) is 49.4 Å². The molecule has 8 nitrogen and oxygen atoms in total. The molecule has 3 amide bonds. The number of benzene rings is 2. The summed E-state index contributed by atoms with van der Waals surface area (Å²) in [5, 5.41) is 14.5. The normalized spacial score (nSPS) is 24.5. The first-order valence-corrected chi connectivity index (χ1v) is 14.1. The van der Waals surface area contributed by atoms with E-state index in [4.69, 9.17) is 0 Å². The molecule has 42 heavy (non-hydrogen) atoms. The Morgan fingerprint density at radius 2 is 1.76 bits per heavy atom. The summed E-state index contributed by atoms with van der Waals surface area (Å²) in [7, 11) is 0. The maximum atomic E-state index is 16.3. The van der Waals surface area contributed by atoms with Crippen molar-refractivity contribution in [1.29, 1.82) is 0 Å². The zero-order chi connectivity index (χ0) is 30.4. The van der Waals surface area contributed by atoms with Gasteiger partial charge >= 0.3 is 6.36 Å². The minimum absolute atomic E-state index is 0.0848. The molecule has 0 spiro atoms. The van der Waals surface area contributed by atoms with Crippen molar-refractivity contribution in [2.75, 3.05) is 13.1 Å². The highest BCUT2D eigenvalue weighted by atomic mass is 19.4. The van der Waals surface area contributed by atoms with E-state index in [9.17, 15) is 32.7 Å². The second-order valence-corrected chi connectivity index (χ2v) is 11.4. The lowest BCUT2D eigenvalue weighted by Crippen LogP contribution is -2.57. The number of carbonyl (C=O) groups is 3. The molecular weight excluding hydrogens is 558 g/mol. The molecular formula is C30H33F4N3O5. The largest absolute Gasteiger partial charge is 0.573 e. The number of rotatable bonds is 7. The smallest absolute Gasteiger partial charge is 0.406 e. The SMILES string of the molecule is CCC1(CC)CN(Cc2ccc(OC(F)(F)F)cc2)CCC1(O)c1ccc2c(c1F)CN(C1CCC(=O)NC1=O)C2=O. The van der Waals surface area contributed by atoms with Crippen molar-refractivity contribution in [3.8, 4) is 5.75 Å². The topological polar surface area (TPSA) is 99.2 Å². The Morgan fingerprint density at radius 3 is 2.38 bits per heavy atom. The molecule has 0 saturated carbocycles. The van der Waals surface area contributed by atoms with Crippen molar-refractivity contribution in [2.24, 2.45) is 5.41 Å². The number of aliphatic hydroxyl groups is 1. The molecule has 2 atom stereocenters. The van der Waals surface area contributed by atoms with Crippen molar-refractivity contribution in [3.05, 3.63) is 64.5 Å². The van der Waals surface area contributed by atoms with Gasteiger partial charge in [-0.2, -0.15) is 0 Å². The fraction of sp³-hybridized carbons (Fsp3) is 0.500. The number of ether oxygens (including phenoxy) is 1. The van der Waals surface area contributed by atoms with Crippen LogP contribution in [0.15, 0.2) is 36.4 Å². The summed E-state index contributed by atoms with van der Waals surface area (Å²) in [6.45, 7) is 4.96. The summed E-state index contributed by atoms with van der Waals surface area (Å²) < 4.78 is 57.8. The summed E-state index contributed by atoms with van der Waals surface area (Å²) in [6.07, 6.45) is -3.29. The van der Waals surface area contributed by atoms with Crippen molar-refractivity contribution in [3.63, 3.8) is 0 Å². The second kappa shape index (κ2) is 11.0. The Kier molecular flexibility index (Phi) is 7.82. The number of halogens is 4. The van der Waals surface area contributed by atoms with Gasteiger partial charge in [0.1, 0.15) is 23.2 Å². The molecule has 2 unspecified atom stereocenters. The highest BCUT2D eigenvalue weighted by Gasteiger charge is 2.54. The van der Waals surface area contributed by atoms with Crippen molar-refractivity contribution in [1.82, 2.24) is 15.1 Å². The quantitative estimate of drug-likeness (QED) is 0.366. The van der Waals surface area contributed by atoms with Gasteiger partial charge < -0.3 is 14.7 Å². The minimum atomic E-state index is -4.77. The number of amides is 3. The van der Waals surface area contributed by atoms with Crippen LogP contribution in [0.1, 0.15) is 73.0 Å². The summed E-state index contributed by atoms with van der Waals surface area (Å²) in [4.78, 5) is 40.5. The van der Waals surface area contributed by atoms with Crippen LogP contribution in [0.5, 0.6) is 5.75 Å². The second-order valence-electron chi connectivity index (χ2n) is 11.4. The molecule has 3 aliphatic heterocycles. The molecule has 12 heteroatoms. The monoisotopic (exact) mass is 591 g/mol. The Balaban J connectivity index is 1.38. The van der Waals surface area contributed by atoms with Crippen LogP contribution in [-0.4, -0.2) is 58.1 Å². The number of likely N-dealkylation sites (tertiary alicyclic amines) is 1. The summed E-state index contributed by atoms with van der Waals surface area (Å²) in [5.41, 5.74) is -1.17. The van der Waals surface area contributed by atoms with Gasteiger partial charge in [0.05, 0.1) is 6.54 Å². The molecule has 3 heterocycles. The molecule has 2 N–H and O–H groups in total. The van der Waals surface area contributed by atoms with Crippen molar-refractivity contribution in [2.45, 2.75) is 77.0 Å². The Bertz CT molecular complexity index is 1390. The lowest BCUT2D eigenvalue weighted by Gasteiger charge is -2.54. The van der Waals surface area contributed by atoms with Gasteiger partial charge in [0, 0.05) is 48.2 Å². The molecule has 0 radical (unpaired) electrons. The van der Waals surface area contributed by atoms with Crippen molar-refractivity contribution >= 4 is 17.7 Å². The lowest BCUT2D eigenvalue weighted by molar-refractivity contribution is -0.274. The fourth-order valence-corrected chi connectivity index (χ4v) is 6.82. The molecule has 2 aromatic rings. The third-order valence-electron chi connectivity index (χ3n) is 9.20. The predicted octanol–water partition coefficient (Wildman–Crippen LogP) is 4.39. The number of imide groups is 1. The number of hydrogen-bond acceptors (Lipinski definition) is 6. The predicted molar refractivity (Wildman–Crippen MR) is 142 cm³/mol. The first-order valence-electron chi connectivity index (χ1n) is 14.1. The van der Waals surface area contributed by atoms with E-state index in [0.717, 1.165) is 5.56 Å². The van der Waals surface area contributed by atoms with Gasteiger partial charge in [-0.3, -0.25) is 24.6 Å². The van der Waals surface area contributed by atoms with Crippen LogP contribution in [0, 0.1) is 11.2 Å². The number of alkyl halides is 3. The van der Waals surface area contributed by atoms with Crippen LogP contribution in [0.4, 0.5) is 17.6 Å². The molecule has 0 bridgehead atoms. The number of piperidine rings is 2. The summed E-state index contributed by atoms with van der Waals surface area (Å²) in [6, 6.07) is 7.74. The summed E-state index contributed by atoms with van der Waals surface area (Å²) in [5.74, 6) is -2.46.